The molecule has 0 amide bonds. The number of hydrogen-bond donors (Lipinski definition) is 0. The molecule has 1 aliphatic heterocycles. The van der Waals surface area contributed by atoms with E-state index >= 15 is 0 Å². The lowest BCUT2D eigenvalue weighted by Crippen LogP contribution is -2.56. The Kier molecular flexibility index (Phi) is 8.33. The highest BCUT2D eigenvalue weighted by molar-refractivity contribution is 9.27. The minimum atomic E-state index is -2.49. The quantitative estimate of drug-likeness (QED) is 0.522. The second-order valence-corrected chi connectivity index (χ2v) is 12.2. The molecule has 0 aromatic heterocycles. The van der Waals surface area contributed by atoms with E-state index in [-0.39, 0.29) is 0 Å². The zero-order chi connectivity index (χ0) is 11.9. The molecule has 1 atom stereocenters. The molecule has 1 fully saturated rings. The lowest BCUT2D eigenvalue weighted by atomic mass is 10.9. The van der Waals surface area contributed by atoms with Crippen LogP contribution in [-0.2, 0) is 13.3 Å². The number of hydrogen-bond acceptors (Lipinski definition) is 7. The first-order valence-electron chi connectivity index (χ1n) is 5.32. The zero-order valence-electron chi connectivity index (χ0n) is 9.76. The van der Waals surface area contributed by atoms with Gasteiger partial charge in [0.15, 0.2) is 0 Å². The third-order valence-corrected chi connectivity index (χ3v) is 13.7. The number of rotatable bonds is 7. The van der Waals surface area contributed by atoms with E-state index in [1.165, 1.54) is 0 Å². The maximum atomic E-state index is 5.89. The standard InChI is InChI=1S/C8H18O3S4Si/c1-4-9-16(10-5-2,11-6-3)8-7-12-14-15-13-8/h8H,4-7H2,1-3H3. The predicted molar refractivity (Wildman–Crippen MR) is 79.7 cm³/mol. The van der Waals surface area contributed by atoms with Crippen LogP contribution in [0.4, 0.5) is 0 Å². The van der Waals surface area contributed by atoms with E-state index in [1.807, 2.05) is 52.2 Å². The van der Waals surface area contributed by atoms with Crippen molar-refractivity contribution in [2.45, 2.75) is 25.6 Å². The molecule has 1 heterocycles. The van der Waals surface area contributed by atoms with Crippen LogP contribution in [0.3, 0.4) is 0 Å². The van der Waals surface area contributed by atoms with Gasteiger partial charge in [-0.1, -0.05) is 21.6 Å². The van der Waals surface area contributed by atoms with Crippen LogP contribution in [0.2, 0.25) is 0 Å². The van der Waals surface area contributed by atoms with E-state index in [0.717, 1.165) is 5.75 Å². The monoisotopic (exact) mass is 318 g/mol. The van der Waals surface area contributed by atoms with Gasteiger partial charge in [-0.15, -0.1) is 0 Å². The van der Waals surface area contributed by atoms with Crippen LogP contribution >= 0.6 is 41.2 Å². The molecule has 0 aromatic carbocycles. The topological polar surface area (TPSA) is 27.7 Å². The summed E-state index contributed by atoms with van der Waals surface area (Å²) in [5.41, 5.74) is 0. The highest BCUT2D eigenvalue weighted by atomic mass is 33.7. The van der Waals surface area contributed by atoms with Crippen molar-refractivity contribution in [3.63, 3.8) is 0 Å². The molecule has 1 rings (SSSR count). The molecule has 0 spiro atoms. The zero-order valence-corrected chi connectivity index (χ0v) is 14.0. The Balaban J connectivity index is 2.70. The summed E-state index contributed by atoms with van der Waals surface area (Å²) in [5.74, 6) is 1.04. The predicted octanol–water partition coefficient (Wildman–Crippen LogP) is 3.63. The van der Waals surface area contributed by atoms with Crippen molar-refractivity contribution in [2.24, 2.45) is 0 Å². The fourth-order valence-corrected chi connectivity index (χ4v) is 14.5. The minimum Gasteiger partial charge on any atom is -0.373 e. The van der Waals surface area contributed by atoms with Gasteiger partial charge >= 0.3 is 8.80 Å². The van der Waals surface area contributed by atoms with Gasteiger partial charge in [-0.3, -0.25) is 0 Å². The molecule has 0 N–H and O–H groups in total. The molecule has 0 aromatic rings. The van der Waals surface area contributed by atoms with Crippen molar-refractivity contribution in [1.82, 2.24) is 0 Å². The fraction of sp³-hybridized carbons (Fsp3) is 1.00. The van der Waals surface area contributed by atoms with Gasteiger partial charge in [0.05, 0.1) is 4.87 Å². The van der Waals surface area contributed by atoms with Crippen LogP contribution in [0, 0.1) is 0 Å². The highest BCUT2D eigenvalue weighted by Gasteiger charge is 2.51. The Morgan fingerprint density at radius 2 is 1.56 bits per heavy atom. The van der Waals surface area contributed by atoms with E-state index in [9.17, 15) is 0 Å². The molecule has 8 heteroatoms. The molecule has 16 heavy (non-hydrogen) atoms. The van der Waals surface area contributed by atoms with Crippen molar-refractivity contribution in [2.75, 3.05) is 25.6 Å². The molecule has 3 nitrogen and oxygen atoms in total. The Morgan fingerprint density at radius 3 is 1.94 bits per heavy atom. The Bertz CT molecular complexity index is 175. The maximum absolute atomic E-state index is 5.89. The summed E-state index contributed by atoms with van der Waals surface area (Å²) in [4.78, 5) is 0.351. The summed E-state index contributed by atoms with van der Waals surface area (Å²) < 4.78 is 17.7. The summed E-state index contributed by atoms with van der Waals surface area (Å²) in [5, 5.41) is 0. The molecule has 0 bridgehead atoms. The SMILES string of the molecule is CCO[Si](OCC)(OCC)C1CSSSS1. The van der Waals surface area contributed by atoms with Gasteiger partial charge in [0, 0.05) is 25.6 Å². The van der Waals surface area contributed by atoms with E-state index in [2.05, 4.69) is 0 Å². The Morgan fingerprint density at radius 1 is 1.00 bits per heavy atom. The van der Waals surface area contributed by atoms with Crippen molar-refractivity contribution in [3.8, 4) is 0 Å². The summed E-state index contributed by atoms with van der Waals surface area (Å²) in [6, 6.07) is 0. The second kappa shape index (κ2) is 8.57. The largest absolute Gasteiger partial charge is 0.516 e. The van der Waals surface area contributed by atoms with Gasteiger partial charge in [0.2, 0.25) is 0 Å². The molecule has 96 valence electrons. The normalized spacial score (nSPS) is 22.3. The molecule has 0 saturated carbocycles. The summed E-state index contributed by atoms with van der Waals surface area (Å²) in [6.07, 6.45) is 0. The minimum absolute atomic E-state index is 0.351. The van der Waals surface area contributed by atoms with Gasteiger partial charge in [-0.25, -0.2) is 0 Å². The van der Waals surface area contributed by atoms with Crippen molar-refractivity contribution < 1.29 is 13.3 Å². The molecule has 0 aliphatic carbocycles. The average molecular weight is 319 g/mol. The first kappa shape index (κ1) is 15.6. The van der Waals surface area contributed by atoms with Crippen molar-refractivity contribution in [1.29, 1.82) is 0 Å². The molecule has 1 aliphatic rings. The van der Waals surface area contributed by atoms with Crippen molar-refractivity contribution in [3.05, 3.63) is 0 Å². The molecule has 1 saturated heterocycles. The van der Waals surface area contributed by atoms with Crippen LogP contribution in [-0.4, -0.2) is 39.3 Å². The first-order chi connectivity index (χ1) is 7.79. The van der Waals surface area contributed by atoms with Gasteiger partial charge in [-0.05, 0) is 40.4 Å². The molecule has 0 radical (unpaired) electrons. The van der Waals surface area contributed by atoms with E-state index < -0.39 is 8.80 Å². The molecular formula is C8H18O3S4Si. The summed E-state index contributed by atoms with van der Waals surface area (Å²) in [6.45, 7) is 7.98. The van der Waals surface area contributed by atoms with Crippen LogP contribution in [0.25, 0.3) is 0 Å². The lowest BCUT2D eigenvalue weighted by molar-refractivity contribution is 0.0712. The van der Waals surface area contributed by atoms with Crippen LogP contribution in [0.1, 0.15) is 20.8 Å². The van der Waals surface area contributed by atoms with Gasteiger partial charge in [0.1, 0.15) is 0 Å². The maximum Gasteiger partial charge on any atom is 0.516 e. The highest BCUT2D eigenvalue weighted by Crippen LogP contribution is 2.53. The van der Waals surface area contributed by atoms with Crippen LogP contribution in [0.5, 0.6) is 0 Å². The van der Waals surface area contributed by atoms with Gasteiger partial charge < -0.3 is 13.3 Å². The lowest BCUT2D eigenvalue weighted by Gasteiger charge is -2.35. The van der Waals surface area contributed by atoms with Crippen molar-refractivity contribution >= 4 is 50.0 Å². The average Bonchev–Trinajstić information content (AvgIpc) is 2.31. The molecular weight excluding hydrogens is 300 g/mol. The smallest absolute Gasteiger partial charge is 0.373 e. The summed E-state index contributed by atoms with van der Waals surface area (Å²) in [7, 11) is 4.83. The van der Waals surface area contributed by atoms with Crippen LogP contribution in [0.15, 0.2) is 0 Å². The molecule has 1 unspecified atom stereocenters. The summed E-state index contributed by atoms with van der Waals surface area (Å²) >= 11 is 0. The second-order valence-electron chi connectivity index (χ2n) is 2.91. The van der Waals surface area contributed by atoms with E-state index in [4.69, 9.17) is 13.3 Å². The third kappa shape index (κ3) is 4.31. The van der Waals surface area contributed by atoms with E-state index in [0.29, 0.717) is 24.7 Å². The van der Waals surface area contributed by atoms with Gasteiger partial charge in [0.25, 0.3) is 0 Å². The Labute approximate surface area is 114 Å². The Hall–Kier alpha value is 1.50. The fourth-order valence-electron chi connectivity index (χ4n) is 1.37. The van der Waals surface area contributed by atoms with Gasteiger partial charge in [-0.2, -0.15) is 0 Å². The first-order valence-corrected chi connectivity index (χ1v) is 12.2. The van der Waals surface area contributed by atoms with Crippen LogP contribution < -0.4 is 0 Å². The van der Waals surface area contributed by atoms with E-state index in [1.54, 1.807) is 9.83 Å². The third-order valence-electron chi connectivity index (χ3n) is 1.88.